The number of aliphatic hydroxyl groups is 1. The van der Waals surface area contributed by atoms with Gasteiger partial charge in [0.1, 0.15) is 18.1 Å². The summed E-state index contributed by atoms with van der Waals surface area (Å²) in [5.74, 6) is -3.43. The molecule has 1 aromatic heterocycles. The lowest BCUT2D eigenvalue weighted by Crippen LogP contribution is -2.15. The topological polar surface area (TPSA) is 118 Å². The molecule has 196 valence electrons. The zero-order valence-corrected chi connectivity index (χ0v) is 20.7. The number of aliphatic hydroxyl groups excluding tert-OH is 1. The number of nitrogens with one attached hydrogen (secondary N) is 1. The van der Waals surface area contributed by atoms with Crippen molar-refractivity contribution >= 4 is 38.8 Å². The monoisotopic (exact) mass is 559 g/mol. The van der Waals surface area contributed by atoms with Gasteiger partial charge in [-0.1, -0.05) is 17.7 Å². The highest BCUT2D eigenvalue weighted by atomic mass is 35.5. The zero-order chi connectivity index (χ0) is 27.5. The third-order valence-corrected chi connectivity index (χ3v) is 6.78. The molecule has 0 fully saturated rings. The lowest BCUT2D eigenvalue weighted by molar-refractivity contribution is -0.137. The number of ether oxygens (including phenoxy) is 1. The van der Waals surface area contributed by atoms with Crippen LogP contribution >= 0.6 is 11.6 Å². The van der Waals surface area contributed by atoms with Crippen LogP contribution in [-0.4, -0.2) is 39.0 Å². The van der Waals surface area contributed by atoms with Crippen LogP contribution in [0, 0.1) is 12.9 Å². The van der Waals surface area contributed by atoms with E-state index in [0.717, 1.165) is 24.5 Å². The molecule has 37 heavy (non-hydrogen) atoms. The number of hydrogen-bond donors (Lipinski definition) is 2. The molecule has 2 amide bonds. The third kappa shape index (κ3) is 6.81. The molecule has 2 N–H and O–H groups in total. The standard InChI is InChI=1S/C23H18ClF4N3O5S/c1-12-18(6-7-20(25)29-12)36-19-10-16(23(26,27)28)17(24)9-15(19)22(34)30-13-4-3-5-14(8-13)37(2,35)31-21(33)11-32/h3-10,32H,11H2,1-2H3,(H,30,34). The minimum atomic E-state index is -4.87. The molecule has 8 nitrogen and oxygen atoms in total. The van der Waals surface area contributed by atoms with Gasteiger partial charge in [0.05, 0.1) is 31.6 Å². The summed E-state index contributed by atoms with van der Waals surface area (Å²) in [6.45, 7) is 0.418. The van der Waals surface area contributed by atoms with Crippen molar-refractivity contribution in [1.29, 1.82) is 0 Å². The first-order chi connectivity index (χ1) is 17.2. The molecule has 0 spiro atoms. The van der Waals surface area contributed by atoms with E-state index in [4.69, 9.17) is 21.4 Å². The van der Waals surface area contributed by atoms with Crippen molar-refractivity contribution in [1.82, 2.24) is 4.98 Å². The van der Waals surface area contributed by atoms with Crippen molar-refractivity contribution in [2.75, 3.05) is 18.2 Å². The van der Waals surface area contributed by atoms with Crippen LogP contribution in [0.25, 0.3) is 0 Å². The summed E-state index contributed by atoms with van der Waals surface area (Å²) in [7, 11) is -3.27. The molecule has 0 saturated carbocycles. The highest BCUT2D eigenvalue weighted by Gasteiger charge is 2.35. The number of alkyl halides is 3. The summed E-state index contributed by atoms with van der Waals surface area (Å²) >= 11 is 5.82. The molecule has 1 unspecified atom stereocenters. The van der Waals surface area contributed by atoms with Crippen LogP contribution in [0.15, 0.2) is 57.8 Å². The number of pyridine rings is 1. The van der Waals surface area contributed by atoms with E-state index in [1.807, 2.05) is 0 Å². The van der Waals surface area contributed by atoms with E-state index in [-0.39, 0.29) is 22.0 Å². The Bertz CT molecular complexity index is 1500. The summed E-state index contributed by atoms with van der Waals surface area (Å²) < 4.78 is 75.5. The molecular formula is C23H18ClF4N3O5S. The number of benzene rings is 2. The molecule has 0 aliphatic carbocycles. The number of amides is 2. The van der Waals surface area contributed by atoms with Crippen LogP contribution in [0.4, 0.5) is 23.2 Å². The Kier molecular flexibility index (Phi) is 8.20. The quantitative estimate of drug-likeness (QED) is 0.316. The van der Waals surface area contributed by atoms with Crippen molar-refractivity contribution < 1.29 is 41.2 Å². The lowest BCUT2D eigenvalue weighted by atomic mass is 10.1. The molecule has 0 saturated heterocycles. The van der Waals surface area contributed by atoms with Gasteiger partial charge in [0.15, 0.2) is 0 Å². The van der Waals surface area contributed by atoms with E-state index in [1.54, 1.807) is 0 Å². The van der Waals surface area contributed by atoms with E-state index in [1.165, 1.54) is 31.2 Å². The third-order valence-electron chi connectivity index (χ3n) is 4.78. The van der Waals surface area contributed by atoms with Gasteiger partial charge < -0.3 is 15.2 Å². The molecule has 2 aromatic carbocycles. The molecule has 0 aliphatic heterocycles. The van der Waals surface area contributed by atoms with Crippen LogP contribution in [-0.2, 0) is 20.7 Å². The number of rotatable bonds is 6. The number of halogens is 5. The Morgan fingerprint density at radius 1 is 1.16 bits per heavy atom. The fourth-order valence-electron chi connectivity index (χ4n) is 3.06. The molecule has 0 bridgehead atoms. The molecule has 1 heterocycles. The van der Waals surface area contributed by atoms with E-state index in [9.17, 15) is 31.4 Å². The van der Waals surface area contributed by atoms with Gasteiger partial charge in [0.2, 0.25) is 5.95 Å². The van der Waals surface area contributed by atoms with Crippen molar-refractivity contribution in [3.05, 3.63) is 76.3 Å². The van der Waals surface area contributed by atoms with Gasteiger partial charge in [-0.25, -0.2) is 9.19 Å². The summed E-state index contributed by atoms with van der Waals surface area (Å²) in [4.78, 5) is 28.1. The van der Waals surface area contributed by atoms with Crippen molar-refractivity contribution in [3.63, 3.8) is 0 Å². The number of carbonyl (C=O) groups is 2. The number of carbonyl (C=O) groups excluding carboxylic acids is 2. The maximum atomic E-state index is 13.5. The summed E-state index contributed by atoms with van der Waals surface area (Å²) in [5.41, 5.74) is -1.59. The van der Waals surface area contributed by atoms with Gasteiger partial charge in [0, 0.05) is 16.8 Å². The molecule has 14 heteroatoms. The second kappa shape index (κ2) is 10.8. The van der Waals surface area contributed by atoms with Crippen LogP contribution in [0.3, 0.4) is 0 Å². The second-order valence-corrected chi connectivity index (χ2v) is 10.2. The Hall–Kier alpha value is -3.55. The van der Waals surface area contributed by atoms with E-state index in [0.29, 0.717) is 6.07 Å². The summed E-state index contributed by atoms with van der Waals surface area (Å²) in [5, 5.41) is 10.5. The minimum Gasteiger partial charge on any atom is -0.455 e. The first-order valence-electron chi connectivity index (χ1n) is 10.2. The lowest BCUT2D eigenvalue weighted by Gasteiger charge is -2.17. The summed E-state index contributed by atoms with van der Waals surface area (Å²) in [6, 6.07) is 8.79. The van der Waals surface area contributed by atoms with Gasteiger partial charge in [0.25, 0.3) is 11.8 Å². The Morgan fingerprint density at radius 3 is 2.49 bits per heavy atom. The predicted molar refractivity (Wildman–Crippen MR) is 127 cm³/mol. The highest BCUT2D eigenvalue weighted by molar-refractivity contribution is 7.93. The van der Waals surface area contributed by atoms with Crippen molar-refractivity contribution in [3.8, 4) is 11.5 Å². The number of aryl methyl sites for hydroxylation is 1. The van der Waals surface area contributed by atoms with Gasteiger partial charge in [-0.3, -0.25) is 9.59 Å². The van der Waals surface area contributed by atoms with Crippen LogP contribution in [0.1, 0.15) is 21.6 Å². The fourth-order valence-corrected chi connectivity index (χ4v) is 4.56. The van der Waals surface area contributed by atoms with Crippen LogP contribution in [0.2, 0.25) is 5.02 Å². The van der Waals surface area contributed by atoms with Crippen LogP contribution in [0.5, 0.6) is 11.5 Å². The normalized spacial score (nSPS) is 13.0. The molecule has 1 atom stereocenters. The molecule has 0 radical (unpaired) electrons. The predicted octanol–water partition coefficient (Wildman–Crippen LogP) is 5.22. The summed E-state index contributed by atoms with van der Waals surface area (Å²) in [6.07, 6.45) is -3.71. The van der Waals surface area contributed by atoms with Crippen molar-refractivity contribution in [2.45, 2.75) is 18.0 Å². The fraction of sp³-hybridized carbons (Fsp3) is 0.174. The minimum absolute atomic E-state index is 0.0152. The second-order valence-electron chi connectivity index (χ2n) is 7.57. The molecule has 3 aromatic rings. The first kappa shape index (κ1) is 28.0. The van der Waals surface area contributed by atoms with E-state index >= 15 is 0 Å². The van der Waals surface area contributed by atoms with Gasteiger partial charge >= 0.3 is 6.18 Å². The van der Waals surface area contributed by atoms with E-state index in [2.05, 4.69) is 14.7 Å². The van der Waals surface area contributed by atoms with Crippen molar-refractivity contribution in [2.24, 2.45) is 4.36 Å². The largest absolute Gasteiger partial charge is 0.455 e. The Balaban J connectivity index is 2.04. The van der Waals surface area contributed by atoms with E-state index < -0.39 is 62.2 Å². The number of anilines is 1. The van der Waals surface area contributed by atoms with Crippen LogP contribution < -0.4 is 10.1 Å². The Morgan fingerprint density at radius 2 is 1.86 bits per heavy atom. The maximum Gasteiger partial charge on any atom is 0.417 e. The first-order valence-corrected chi connectivity index (χ1v) is 12.5. The molecular weight excluding hydrogens is 542 g/mol. The van der Waals surface area contributed by atoms with Gasteiger partial charge in [-0.15, -0.1) is 0 Å². The average molecular weight is 560 g/mol. The Labute approximate surface area is 213 Å². The number of hydrogen-bond acceptors (Lipinski definition) is 6. The average Bonchev–Trinajstić information content (AvgIpc) is 2.80. The SMILES string of the molecule is Cc1nc(F)ccc1Oc1cc(C(F)(F)F)c(Cl)cc1C(=O)Nc1cccc(S(C)(=O)=NC(=O)CO)c1. The maximum absolute atomic E-state index is 13.5. The van der Waals surface area contributed by atoms with Gasteiger partial charge in [-0.2, -0.15) is 21.9 Å². The number of nitrogens with zero attached hydrogens (tertiary/aromatic N) is 2. The zero-order valence-electron chi connectivity index (χ0n) is 19.1. The highest BCUT2D eigenvalue weighted by Crippen LogP contribution is 2.40. The van der Waals surface area contributed by atoms with Gasteiger partial charge in [-0.05, 0) is 49.4 Å². The number of aromatic nitrogens is 1. The molecule has 3 rings (SSSR count). The molecule has 0 aliphatic rings. The smallest absolute Gasteiger partial charge is 0.417 e.